The molecule has 1 aliphatic heterocycles. The SMILES string of the molecule is CN(C)CC1(O)CCCN(c2nc(-c3ccccc3)no2)CC1. The Morgan fingerprint density at radius 2 is 2.00 bits per heavy atom. The fraction of sp³-hybridized carbons (Fsp3) is 0.529. The number of rotatable bonds is 4. The minimum absolute atomic E-state index is 0.540. The van der Waals surface area contributed by atoms with E-state index in [0.29, 0.717) is 24.8 Å². The van der Waals surface area contributed by atoms with Crippen molar-refractivity contribution in [1.82, 2.24) is 15.0 Å². The van der Waals surface area contributed by atoms with Crippen LogP contribution in [0.25, 0.3) is 11.4 Å². The molecule has 0 aliphatic carbocycles. The molecule has 1 unspecified atom stereocenters. The van der Waals surface area contributed by atoms with E-state index in [-0.39, 0.29) is 0 Å². The summed E-state index contributed by atoms with van der Waals surface area (Å²) in [5.41, 5.74) is 0.307. The lowest BCUT2D eigenvalue weighted by Crippen LogP contribution is -2.41. The molecule has 1 fully saturated rings. The van der Waals surface area contributed by atoms with E-state index >= 15 is 0 Å². The van der Waals surface area contributed by atoms with Crippen LogP contribution in [0.2, 0.25) is 0 Å². The summed E-state index contributed by atoms with van der Waals surface area (Å²) in [6.07, 6.45) is 2.41. The lowest BCUT2D eigenvalue weighted by molar-refractivity contribution is 0.00533. The van der Waals surface area contributed by atoms with E-state index in [9.17, 15) is 5.11 Å². The predicted octanol–water partition coefficient (Wildman–Crippen LogP) is 2.02. The smallest absolute Gasteiger partial charge is 0.324 e. The van der Waals surface area contributed by atoms with Crippen LogP contribution < -0.4 is 4.90 Å². The first-order valence-electron chi connectivity index (χ1n) is 8.07. The summed E-state index contributed by atoms with van der Waals surface area (Å²) < 4.78 is 5.44. The third-order valence-electron chi connectivity index (χ3n) is 4.25. The highest BCUT2D eigenvalue weighted by Crippen LogP contribution is 2.26. The summed E-state index contributed by atoms with van der Waals surface area (Å²) in [4.78, 5) is 8.62. The molecule has 1 aromatic heterocycles. The molecular weight excluding hydrogens is 292 g/mol. The van der Waals surface area contributed by atoms with Crippen LogP contribution in [0.1, 0.15) is 19.3 Å². The van der Waals surface area contributed by atoms with E-state index in [2.05, 4.69) is 15.0 Å². The van der Waals surface area contributed by atoms with E-state index < -0.39 is 5.60 Å². The molecule has 124 valence electrons. The molecule has 1 aliphatic rings. The first-order chi connectivity index (χ1) is 11.1. The molecule has 0 saturated carbocycles. The van der Waals surface area contributed by atoms with Gasteiger partial charge in [-0.2, -0.15) is 4.98 Å². The summed E-state index contributed by atoms with van der Waals surface area (Å²) in [5.74, 6) is 0.605. The minimum Gasteiger partial charge on any atom is -0.388 e. The molecule has 23 heavy (non-hydrogen) atoms. The molecule has 0 spiro atoms. The first kappa shape index (κ1) is 16.0. The van der Waals surface area contributed by atoms with Crippen molar-refractivity contribution < 1.29 is 9.63 Å². The molecule has 6 nitrogen and oxygen atoms in total. The summed E-state index contributed by atoms with van der Waals surface area (Å²) in [6.45, 7) is 2.23. The van der Waals surface area contributed by atoms with Crippen molar-refractivity contribution >= 4 is 6.01 Å². The average molecular weight is 316 g/mol. The van der Waals surface area contributed by atoms with Gasteiger partial charge in [-0.15, -0.1) is 0 Å². The quantitative estimate of drug-likeness (QED) is 0.931. The molecule has 1 aromatic carbocycles. The van der Waals surface area contributed by atoms with Gasteiger partial charge in [0.05, 0.1) is 5.60 Å². The van der Waals surface area contributed by atoms with Crippen molar-refractivity contribution in [3.8, 4) is 11.4 Å². The van der Waals surface area contributed by atoms with Crippen molar-refractivity contribution in [2.45, 2.75) is 24.9 Å². The highest BCUT2D eigenvalue weighted by Gasteiger charge is 2.32. The second-order valence-corrected chi connectivity index (χ2v) is 6.57. The van der Waals surface area contributed by atoms with Gasteiger partial charge in [0, 0.05) is 25.2 Å². The van der Waals surface area contributed by atoms with Crippen molar-refractivity contribution in [1.29, 1.82) is 0 Å². The van der Waals surface area contributed by atoms with E-state index in [1.165, 1.54) is 0 Å². The van der Waals surface area contributed by atoms with Gasteiger partial charge in [-0.05, 0) is 33.4 Å². The summed E-state index contributed by atoms with van der Waals surface area (Å²) in [5, 5.41) is 14.8. The van der Waals surface area contributed by atoms with Gasteiger partial charge in [-0.3, -0.25) is 0 Å². The Bertz CT molecular complexity index is 629. The maximum Gasteiger partial charge on any atom is 0.324 e. The Kier molecular flexibility index (Phi) is 4.63. The van der Waals surface area contributed by atoms with Gasteiger partial charge in [-0.25, -0.2) is 0 Å². The molecule has 6 heteroatoms. The Morgan fingerprint density at radius 1 is 1.22 bits per heavy atom. The fourth-order valence-corrected chi connectivity index (χ4v) is 3.17. The van der Waals surface area contributed by atoms with Crippen molar-refractivity contribution in [2.24, 2.45) is 0 Å². The Hall–Kier alpha value is -1.92. The molecule has 1 atom stereocenters. The molecule has 2 aromatic rings. The number of nitrogens with zero attached hydrogens (tertiary/aromatic N) is 4. The molecule has 1 saturated heterocycles. The molecule has 1 N–H and O–H groups in total. The number of aliphatic hydroxyl groups is 1. The van der Waals surface area contributed by atoms with Gasteiger partial charge in [0.25, 0.3) is 0 Å². The van der Waals surface area contributed by atoms with Gasteiger partial charge in [0.15, 0.2) is 0 Å². The van der Waals surface area contributed by atoms with Crippen molar-refractivity contribution in [3.05, 3.63) is 30.3 Å². The van der Waals surface area contributed by atoms with Crippen molar-refractivity contribution in [3.63, 3.8) is 0 Å². The molecule has 0 bridgehead atoms. The van der Waals surface area contributed by atoms with E-state index in [4.69, 9.17) is 4.52 Å². The van der Waals surface area contributed by atoms with Crippen LogP contribution >= 0.6 is 0 Å². The highest BCUT2D eigenvalue weighted by atomic mass is 16.5. The van der Waals surface area contributed by atoms with Crippen LogP contribution in [0, 0.1) is 0 Å². The fourth-order valence-electron chi connectivity index (χ4n) is 3.17. The third-order valence-corrected chi connectivity index (χ3v) is 4.25. The number of benzene rings is 1. The monoisotopic (exact) mass is 316 g/mol. The summed E-state index contributed by atoms with van der Waals surface area (Å²) in [6, 6.07) is 10.3. The third kappa shape index (κ3) is 3.89. The van der Waals surface area contributed by atoms with Crippen LogP contribution in [0.3, 0.4) is 0 Å². The maximum absolute atomic E-state index is 10.7. The standard InChI is InChI=1S/C17H24N4O2/c1-20(2)13-17(22)9-6-11-21(12-10-17)16-18-15(19-23-16)14-7-4-3-5-8-14/h3-5,7-8,22H,6,9-13H2,1-2H3. The van der Waals surface area contributed by atoms with Gasteiger partial charge < -0.3 is 19.4 Å². The minimum atomic E-state index is -0.638. The number of anilines is 1. The van der Waals surface area contributed by atoms with Gasteiger partial charge in [0.1, 0.15) is 0 Å². The maximum atomic E-state index is 10.7. The molecule has 0 amide bonds. The Balaban J connectivity index is 1.70. The van der Waals surface area contributed by atoms with Gasteiger partial charge in [-0.1, -0.05) is 35.5 Å². The average Bonchev–Trinajstić information content (AvgIpc) is 2.93. The van der Waals surface area contributed by atoms with Crippen LogP contribution in [0.15, 0.2) is 34.9 Å². The van der Waals surface area contributed by atoms with Crippen molar-refractivity contribution in [2.75, 3.05) is 38.6 Å². The normalized spacial score (nSPS) is 22.3. The zero-order valence-electron chi connectivity index (χ0n) is 13.8. The molecular formula is C17H24N4O2. The van der Waals surface area contributed by atoms with Gasteiger partial charge in [0.2, 0.25) is 5.82 Å². The second-order valence-electron chi connectivity index (χ2n) is 6.57. The number of hydrogen-bond donors (Lipinski definition) is 1. The van der Waals surface area contributed by atoms with E-state index in [1.807, 2.05) is 49.3 Å². The van der Waals surface area contributed by atoms with Crippen LogP contribution in [0.4, 0.5) is 6.01 Å². The lowest BCUT2D eigenvalue weighted by atomic mass is 9.94. The van der Waals surface area contributed by atoms with Crippen LogP contribution in [0.5, 0.6) is 0 Å². The predicted molar refractivity (Wildman–Crippen MR) is 89.3 cm³/mol. The van der Waals surface area contributed by atoms with Gasteiger partial charge >= 0.3 is 6.01 Å². The number of aromatic nitrogens is 2. The Morgan fingerprint density at radius 3 is 2.74 bits per heavy atom. The highest BCUT2D eigenvalue weighted by molar-refractivity contribution is 5.55. The largest absolute Gasteiger partial charge is 0.388 e. The number of hydrogen-bond acceptors (Lipinski definition) is 6. The summed E-state index contributed by atoms with van der Waals surface area (Å²) in [7, 11) is 3.98. The topological polar surface area (TPSA) is 65.6 Å². The second kappa shape index (κ2) is 6.68. The zero-order chi connectivity index (χ0) is 16.3. The number of likely N-dealkylation sites (N-methyl/N-ethyl adjacent to an activating group) is 1. The first-order valence-corrected chi connectivity index (χ1v) is 8.07. The van der Waals surface area contributed by atoms with E-state index in [0.717, 1.165) is 31.5 Å². The lowest BCUT2D eigenvalue weighted by Gasteiger charge is -2.29. The van der Waals surface area contributed by atoms with Crippen LogP contribution in [-0.4, -0.2) is 59.5 Å². The molecule has 0 radical (unpaired) electrons. The molecule has 3 rings (SSSR count). The summed E-state index contributed by atoms with van der Waals surface area (Å²) >= 11 is 0. The molecule has 2 heterocycles. The van der Waals surface area contributed by atoms with E-state index in [1.54, 1.807) is 0 Å². The van der Waals surface area contributed by atoms with Crippen LogP contribution in [-0.2, 0) is 0 Å². The zero-order valence-corrected chi connectivity index (χ0v) is 13.8. The Labute approximate surface area is 136 Å².